The summed E-state index contributed by atoms with van der Waals surface area (Å²) in [6.45, 7) is 8.47. The van der Waals surface area contributed by atoms with Crippen LogP contribution in [-0.2, 0) is 0 Å². The molecule has 1 aliphatic rings. The van der Waals surface area contributed by atoms with Crippen molar-refractivity contribution in [1.82, 2.24) is 34.9 Å². The number of anilines is 1. The maximum Gasteiger partial charge on any atom is 0.164 e. The summed E-state index contributed by atoms with van der Waals surface area (Å²) in [6, 6.07) is 0.428. The molecule has 4 rings (SSSR count). The van der Waals surface area contributed by atoms with Crippen LogP contribution in [0.1, 0.15) is 44.9 Å². The molecule has 8 nitrogen and oxygen atoms in total. The van der Waals surface area contributed by atoms with Crippen LogP contribution in [0.15, 0.2) is 18.6 Å². The number of nitrogens with one attached hydrogen (secondary N) is 1. The number of rotatable bonds is 3. The molecule has 3 aromatic rings. The molecule has 4 heterocycles. The highest BCUT2D eigenvalue weighted by molar-refractivity contribution is 5.66. The molecule has 0 saturated carbocycles. The Morgan fingerprint density at radius 1 is 1.25 bits per heavy atom. The molecule has 1 atom stereocenters. The Kier molecular flexibility index (Phi) is 3.33. The van der Waals surface area contributed by atoms with Gasteiger partial charge in [0, 0.05) is 12.2 Å². The fourth-order valence-corrected chi connectivity index (χ4v) is 3.37. The Hall–Kier alpha value is -2.77. The summed E-state index contributed by atoms with van der Waals surface area (Å²) in [7, 11) is 0. The predicted molar refractivity (Wildman–Crippen MR) is 89.9 cm³/mol. The number of aryl methyl sites for hydroxylation is 1. The van der Waals surface area contributed by atoms with Crippen LogP contribution >= 0.6 is 0 Å². The molecule has 8 heteroatoms. The minimum absolute atomic E-state index is 0.144. The maximum absolute atomic E-state index is 4.85. The molecule has 1 aliphatic heterocycles. The van der Waals surface area contributed by atoms with Gasteiger partial charge < -0.3 is 4.90 Å². The number of hydrogen-bond donors (Lipinski definition) is 1. The molecule has 0 bridgehead atoms. The van der Waals surface area contributed by atoms with Gasteiger partial charge in [0.2, 0.25) is 0 Å². The van der Waals surface area contributed by atoms with Gasteiger partial charge in [0.1, 0.15) is 11.5 Å². The third-order valence-electron chi connectivity index (χ3n) is 4.42. The molecular formula is C16H20N8. The fourth-order valence-electron chi connectivity index (χ4n) is 3.37. The predicted octanol–water partition coefficient (Wildman–Crippen LogP) is 2.44. The van der Waals surface area contributed by atoms with E-state index in [0.29, 0.717) is 5.82 Å². The summed E-state index contributed by atoms with van der Waals surface area (Å²) in [6.07, 6.45) is 6.32. The zero-order valence-corrected chi connectivity index (χ0v) is 14.2. The van der Waals surface area contributed by atoms with Crippen LogP contribution in [0.4, 0.5) is 5.82 Å². The van der Waals surface area contributed by atoms with Gasteiger partial charge in [0.15, 0.2) is 17.5 Å². The summed E-state index contributed by atoms with van der Waals surface area (Å²) in [4.78, 5) is 11.7. The normalized spacial score (nSPS) is 16.4. The monoisotopic (exact) mass is 324 g/mol. The lowest BCUT2D eigenvalue weighted by molar-refractivity contribution is 0.496. The number of fused-ring (bicyclic) bond motifs is 3. The van der Waals surface area contributed by atoms with Gasteiger partial charge >= 0.3 is 0 Å². The lowest BCUT2D eigenvalue weighted by atomic mass is 10.1. The summed E-state index contributed by atoms with van der Waals surface area (Å²) in [5.74, 6) is 3.39. The lowest BCUT2D eigenvalue weighted by Gasteiger charge is -2.39. The average molecular weight is 324 g/mol. The van der Waals surface area contributed by atoms with Crippen LogP contribution in [-0.4, -0.2) is 41.0 Å². The molecule has 124 valence electrons. The van der Waals surface area contributed by atoms with Gasteiger partial charge in [-0.2, -0.15) is 5.10 Å². The lowest BCUT2D eigenvalue weighted by Crippen LogP contribution is -2.40. The van der Waals surface area contributed by atoms with Crippen molar-refractivity contribution in [3.8, 4) is 17.1 Å². The zero-order chi connectivity index (χ0) is 16.8. The Labute approximate surface area is 140 Å². The molecule has 0 fully saturated rings. The van der Waals surface area contributed by atoms with E-state index >= 15 is 0 Å². The first-order valence-corrected chi connectivity index (χ1v) is 8.18. The molecule has 3 aromatic heterocycles. The first-order chi connectivity index (χ1) is 11.6. The first-order valence-electron chi connectivity index (χ1n) is 8.18. The Bertz CT molecular complexity index is 864. The molecule has 0 aliphatic carbocycles. The Morgan fingerprint density at radius 3 is 2.75 bits per heavy atom. The molecule has 24 heavy (non-hydrogen) atoms. The second kappa shape index (κ2) is 5.40. The van der Waals surface area contributed by atoms with Crippen molar-refractivity contribution in [3.63, 3.8) is 0 Å². The van der Waals surface area contributed by atoms with E-state index in [4.69, 9.17) is 4.98 Å². The fraction of sp³-hybridized carbons (Fsp3) is 0.438. The second-order valence-electron chi connectivity index (χ2n) is 6.26. The molecule has 0 radical (unpaired) electrons. The maximum atomic E-state index is 4.85. The van der Waals surface area contributed by atoms with Gasteiger partial charge in [0.25, 0.3) is 0 Å². The third kappa shape index (κ3) is 2.02. The molecule has 0 saturated heterocycles. The van der Waals surface area contributed by atoms with Crippen LogP contribution in [0.25, 0.3) is 17.1 Å². The molecule has 1 N–H and O–H groups in total. The van der Waals surface area contributed by atoms with Crippen molar-refractivity contribution in [2.24, 2.45) is 0 Å². The standard InChI is InChI=1S/C16H20N8/c1-5-12-16-22-21-10(4)24(16)13-8-17-14(11-6-18-19-7-11)20-15(13)23(12)9(2)3/h6-9,12H,5H2,1-4H3,(H,18,19). The van der Waals surface area contributed by atoms with Crippen molar-refractivity contribution >= 4 is 5.82 Å². The smallest absolute Gasteiger partial charge is 0.164 e. The Morgan fingerprint density at radius 2 is 2.08 bits per heavy atom. The summed E-state index contributed by atoms with van der Waals surface area (Å²) >= 11 is 0. The minimum Gasteiger partial charge on any atom is -0.342 e. The molecule has 0 aromatic carbocycles. The molecular weight excluding hydrogens is 304 g/mol. The first kappa shape index (κ1) is 14.8. The van der Waals surface area contributed by atoms with Crippen molar-refractivity contribution in [1.29, 1.82) is 0 Å². The molecule has 0 amide bonds. The van der Waals surface area contributed by atoms with Crippen molar-refractivity contribution < 1.29 is 0 Å². The summed E-state index contributed by atoms with van der Waals surface area (Å²) in [5.41, 5.74) is 1.80. The minimum atomic E-state index is 0.144. The zero-order valence-electron chi connectivity index (χ0n) is 14.2. The molecule has 1 unspecified atom stereocenters. The van der Waals surface area contributed by atoms with Gasteiger partial charge in [-0.15, -0.1) is 10.2 Å². The van der Waals surface area contributed by atoms with Crippen molar-refractivity contribution in [2.45, 2.75) is 46.2 Å². The molecule has 0 spiro atoms. The van der Waals surface area contributed by atoms with E-state index in [-0.39, 0.29) is 12.1 Å². The second-order valence-corrected chi connectivity index (χ2v) is 6.26. The SMILES string of the molecule is CCC1c2nnc(C)n2-c2cnc(-c3cn[nH]c3)nc2N1C(C)C. The van der Waals surface area contributed by atoms with Crippen molar-refractivity contribution in [3.05, 3.63) is 30.2 Å². The Balaban J connectivity index is 1.97. The summed E-state index contributed by atoms with van der Waals surface area (Å²) < 4.78 is 2.07. The highest BCUT2D eigenvalue weighted by atomic mass is 15.4. The van der Waals surface area contributed by atoms with E-state index in [9.17, 15) is 0 Å². The average Bonchev–Trinajstić information content (AvgIpc) is 3.23. The van der Waals surface area contributed by atoms with Gasteiger partial charge in [0.05, 0.1) is 24.0 Å². The van der Waals surface area contributed by atoms with Gasteiger partial charge in [-0.1, -0.05) is 6.92 Å². The van der Waals surface area contributed by atoms with Crippen molar-refractivity contribution in [2.75, 3.05) is 4.90 Å². The van der Waals surface area contributed by atoms with E-state index in [1.807, 2.05) is 13.1 Å². The van der Waals surface area contributed by atoms with Crippen LogP contribution < -0.4 is 4.90 Å². The third-order valence-corrected chi connectivity index (χ3v) is 4.42. The van der Waals surface area contributed by atoms with E-state index < -0.39 is 0 Å². The number of aromatic amines is 1. The van der Waals surface area contributed by atoms with Crippen LogP contribution in [0.3, 0.4) is 0 Å². The van der Waals surface area contributed by atoms with E-state index in [1.165, 1.54) is 0 Å². The largest absolute Gasteiger partial charge is 0.342 e. The van der Waals surface area contributed by atoms with Gasteiger partial charge in [-0.25, -0.2) is 9.97 Å². The number of H-pyrrole nitrogens is 1. The number of hydrogen-bond acceptors (Lipinski definition) is 6. The van der Waals surface area contributed by atoms with E-state index in [2.05, 4.69) is 55.6 Å². The highest BCUT2D eigenvalue weighted by Gasteiger charge is 2.36. The van der Waals surface area contributed by atoms with Gasteiger partial charge in [-0.3, -0.25) is 9.67 Å². The number of nitrogens with zero attached hydrogens (tertiary/aromatic N) is 7. The quantitative estimate of drug-likeness (QED) is 0.796. The van der Waals surface area contributed by atoms with E-state index in [0.717, 1.165) is 35.1 Å². The van der Waals surface area contributed by atoms with Crippen LogP contribution in [0.2, 0.25) is 0 Å². The summed E-state index contributed by atoms with van der Waals surface area (Å²) in [5, 5.41) is 15.5. The van der Waals surface area contributed by atoms with Crippen LogP contribution in [0.5, 0.6) is 0 Å². The van der Waals surface area contributed by atoms with E-state index in [1.54, 1.807) is 12.4 Å². The highest BCUT2D eigenvalue weighted by Crippen LogP contribution is 2.40. The van der Waals surface area contributed by atoms with Gasteiger partial charge in [-0.05, 0) is 27.2 Å². The van der Waals surface area contributed by atoms with Crippen LogP contribution in [0, 0.1) is 6.92 Å². The number of aromatic nitrogens is 7. The topological polar surface area (TPSA) is 88.4 Å².